The molecule has 0 radical (unpaired) electrons. The third-order valence-electron chi connectivity index (χ3n) is 3.58. The zero-order valence-electron chi connectivity index (χ0n) is 12.0. The molecule has 0 N–H and O–H groups in total. The number of carbonyl (C=O) groups excluding carboxylic acids is 1. The summed E-state index contributed by atoms with van der Waals surface area (Å²) < 4.78 is 1.57. The van der Waals surface area contributed by atoms with Crippen molar-refractivity contribution in [3.8, 4) is 11.8 Å². The third-order valence-corrected chi connectivity index (χ3v) is 6.06. The van der Waals surface area contributed by atoms with E-state index in [0.717, 1.165) is 35.5 Å². The maximum atomic E-state index is 12.4. The van der Waals surface area contributed by atoms with Crippen molar-refractivity contribution in [2.75, 3.05) is 0 Å². The van der Waals surface area contributed by atoms with Gasteiger partial charge in [0.1, 0.15) is 4.75 Å². The lowest BCUT2D eigenvalue weighted by Gasteiger charge is -2.18. The Morgan fingerprint density at radius 2 is 2.29 bits per heavy atom. The first-order valence-corrected chi connectivity index (χ1v) is 8.95. The Hall–Kier alpha value is -1.31. The molecule has 3 rings (SSSR count). The Kier molecular flexibility index (Phi) is 4.32. The summed E-state index contributed by atoms with van der Waals surface area (Å²) in [6.07, 6.45) is 4.33. The highest BCUT2D eigenvalue weighted by Gasteiger charge is 2.42. The number of carbonyl (C=O) groups is 1. The minimum Gasteiger partial charge on any atom is -0.297 e. The van der Waals surface area contributed by atoms with Crippen LogP contribution >= 0.6 is 23.1 Å². The Bertz CT molecular complexity index is 692. The van der Waals surface area contributed by atoms with E-state index in [0.29, 0.717) is 6.42 Å². The standard InChI is InChI=1S/C17H17NOS2/c1-2-3-6-11-17(12-7-10-15(17)19)21-16-18-13-8-4-5-9-14(13)20-16/h4-5,8-9H,2-3,7,10,12H2,1H3. The monoisotopic (exact) mass is 315 g/mol. The fourth-order valence-electron chi connectivity index (χ4n) is 2.48. The van der Waals surface area contributed by atoms with Gasteiger partial charge in [-0.1, -0.05) is 36.7 Å². The molecule has 1 unspecified atom stereocenters. The van der Waals surface area contributed by atoms with E-state index < -0.39 is 4.75 Å². The summed E-state index contributed by atoms with van der Waals surface area (Å²) in [7, 11) is 0. The van der Waals surface area contributed by atoms with Gasteiger partial charge in [-0.3, -0.25) is 4.79 Å². The largest absolute Gasteiger partial charge is 0.297 e. The average molecular weight is 315 g/mol. The van der Waals surface area contributed by atoms with Crippen LogP contribution in [0.15, 0.2) is 28.6 Å². The number of fused-ring (bicyclic) bond motifs is 1. The second kappa shape index (κ2) is 6.21. The third kappa shape index (κ3) is 3.00. The zero-order valence-corrected chi connectivity index (χ0v) is 13.6. The molecule has 0 bridgehead atoms. The van der Waals surface area contributed by atoms with Crippen LogP contribution in [0.5, 0.6) is 0 Å². The van der Waals surface area contributed by atoms with Gasteiger partial charge in [-0.05, 0) is 31.4 Å². The van der Waals surface area contributed by atoms with Crippen LogP contribution in [-0.4, -0.2) is 15.5 Å². The molecule has 108 valence electrons. The van der Waals surface area contributed by atoms with Crippen molar-refractivity contribution >= 4 is 39.1 Å². The zero-order chi connectivity index (χ0) is 14.7. The molecular formula is C17H17NOS2. The second-order valence-corrected chi connectivity index (χ2v) is 7.78. The number of benzene rings is 1. The molecule has 0 spiro atoms. The highest BCUT2D eigenvalue weighted by Crippen LogP contribution is 2.44. The molecule has 0 amide bonds. The fourth-order valence-corrected chi connectivity index (χ4v) is 5.07. The molecule has 4 heteroatoms. The lowest BCUT2D eigenvalue weighted by atomic mass is 10.1. The van der Waals surface area contributed by atoms with Crippen LogP contribution in [0.25, 0.3) is 10.2 Å². The van der Waals surface area contributed by atoms with Crippen molar-refractivity contribution in [2.24, 2.45) is 0 Å². The number of rotatable bonds is 3. The maximum Gasteiger partial charge on any atom is 0.161 e. The Morgan fingerprint density at radius 3 is 3.00 bits per heavy atom. The Labute approximate surface area is 133 Å². The number of thiazole rings is 1. The van der Waals surface area contributed by atoms with Gasteiger partial charge in [0.25, 0.3) is 0 Å². The minimum absolute atomic E-state index is 0.273. The van der Waals surface area contributed by atoms with Gasteiger partial charge in [-0.25, -0.2) is 4.98 Å². The number of ketones is 1. The van der Waals surface area contributed by atoms with Crippen LogP contribution in [0.3, 0.4) is 0 Å². The Morgan fingerprint density at radius 1 is 1.43 bits per heavy atom. The first-order valence-electron chi connectivity index (χ1n) is 7.31. The number of para-hydroxylation sites is 1. The van der Waals surface area contributed by atoms with Crippen LogP contribution in [-0.2, 0) is 4.79 Å². The predicted octanol–water partition coefficient (Wildman–Crippen LogP) is 4.68. The van der Waals surface area contributed by atoms with Gasteiger partial charge in [0.2, 0.25) is 0 Å². The molecule has 0 saturated heterocycles. The van der Waals surface area contributed by atoms with E-state index in [1.165, 1.54) is 4.70 Å². The molecule has 1 atom stereocenters. The SMILES string of the molecule is CCCC#CC1(Sc2nc3ccccc3s2)CCCC1=O. The molecule has 1 fully saturated rings. The lowest BCUT2D eigenvalue weighted by molar-refractivity contribution is -0.118. The van der Waals surface area contributed by atoms with Crippen LogP contribution in [0, 0.1) is 11.8 Å². The predicted molar refractivity (Wildman–Crippen MR) is 89.8 cm³/mol. The summed E-state index contributed by atoms with van der Waals surface area (Å²) in [5.41, 5.74) is 1.01. The summed E-state index contributed by atoms with van der Waals surface area (Å²) in [4.78, 5) is 17.0. The Balaban J connectivity index is 1.91. The van der Waals surface area contributed by atoms with Crippen molar-refractivity contribution in [1.82, 2.24) is 4.98 Å². The van der Waals surface area contributed by atoms with Crippen molar-refractivity contribution in [2.45, 2.75) is 48.1 Å². The van der Waals surface area contributed by atoms with E-state index in [-0.39, 0.29) is 5.78 Å². The highest BCUT2D eigenvalue weighted by molar-refractivity contribution is 8.03. The summed E-state index contributed by atoms with van der Waals surface area (Å²) >= 11 is 3.22. The van der Waals surface area contributed by atoms with E-state index in [1.807, 2.05) is 18.2 Å². The molecule has 1 aliphatic rings. The highest BCUT2D eigenvalue weighted by atomic mass is 32.2. The van der Waals surface area contributed by atoms with Gasteiger partial charge in [0.05, 0.1) is 10.2 Å². The molecule has 21 heavy (non-hydrogen) atoms. The molecule has 1 aromatic carbocycles. The van der Waals surface area contributed by atoms with E-state index >= 15 is 0 Å². The van der Waals surface area contributed by atoms with E-state index in [4.69, 9.17) is 0 Å². The van der Waals surface area contributed by atoms with Crippen LogP contribution in [0.2, 0.25) is 0 Å². The molecular weight excluding hydrogens is 298 g/mol. The molecule has 1 aliphatic carbocycles. The minimum atomic E-state index is -0.553. The number of nitrogens with zero attached hydrogens (tertiary/aromatic N) is 1. The summed E-state index contributed by atoms with van der Waals surface area (Å²) in [6, 6.07) is 8.10. The van der Waals surface area contributed by atoms with Crippen molar-refractivity contribution in [1.29, 1.82) is 0 Å². The molecule has 1 aromatic heterocycles. The van der Waals surface area contributed by atoms with Crippen LogP contribution in [0.1, 0.15) is 39.0 Å². The van der Waals surface area contributed by atoms with Crippen molar-refractivity contribution in [3.63, 3.8) is 0 Å². The van der Waals surface area contributed by atoms with Gasteiger partial charge < -0.3 is 0 Å². The van der Waals surface area contributed by atoms with Gasteiger partial charge in [0.15, 0.2) is 10.1 Å². The maximum absolute atomic E-state index is 12.4. The number of unbranched alkanes of at least 4 members (excludes halogenated alkanes) is 1. The van der Waals surface area contributed by atoms with E-state index in [2.05, 4.69) is 29.8 Å². The second-order valence-electron chi connectivity index (χ2n) is 5.21. The van der Waals surface area contributed by atoms with Gasteiger partial charge >= 0.3 is 0 Å². The average Bonchev–Trinajstić information content (AvgIpc) is 3.03. The topological polar surface area (TPSA) is 30.0 Å². The van der Waals surface area contributed by atoms with Gasteiger partial charge in [-0.2, -0.15) is 0 Å². The number of thioether (sulfide) groups is 1. The van der Waals surface area contributed by atoms with E-state index in [9.17, 15) is 4.79 Å². The van der Waals surface area contributed by atoms with Crippen molar-refractivity contribution < 1.29 is 4.79 Å². The smallest absolute Gasteiger partial charge is 0.161 e. The van der Waals surface area contributed by atoms with Crippen molar-refractivity contribution in [3.05, 3.63) is 24.3 Å². The molecule has 2 aromatic rings. The summed E-state index contributed by atoms with van der Waals surface area (Å²) in [6.45, 7) is 2.11. The molecule has 0 aliphatic heterocycles. The summed E-state index contributed by atoms with van der Waals surface area (Å²) in [5.74, 6) is 6.73. The van der Waals surface area contributed by atoms with Crippen LogP contribution in [0.4, 0.5) is 0 Å². The number of hydrogen-bond acceptors (Lipinski definition) is 4. The molecule has 2 nitrogen and oxygen atoms in total. The van der Waals surface area contributed by atoms with E-state index in [1.54, 1.807) is 23.1 Å². The lowest BCUT2D eigenvalue weighted by Crippen LogP contribution is -2.27. The number of aromatic nitrogens is 1. The fraction of sp³-hybridized carbons (Fsp3) is 0.412. The first kappa shape index (κ1) is 14.6. The number of hydrogen-bond donors (Lipinski definition) is 0. The van der Waals surface area contributed by atoms with Gasteiger partial charge in [-0.15, -0.1) is 17.3 Å². The quantitative estimate of drug-likeness (QED) is 0.770. The first-order chi connectivity index (χ1) is 10.2. The molecule has 1 saturated carbocycles. The number of Topliss-reactive ketones (excluding diaryl/α,β-unsaturated/α-hetero) is 1. The van der Waals surface area contributed by atoms with Crippen LogP contribution < -0.4 is 0 Å². The molecule has 1 heterocycles. The normalized spacial score (nSPS) is 21.5. The summed E-state index contributed by atoms with van der Waals surface area (Å²) in [5, 5.41) is 0. The van der Waals surface area contributed by atoms with Gasteiger partial charge in [0, 0.05) is 12.8 Å².